The smallest absolute Gasteiger partial charge is 0.255 e. The Labute approximate surface area is 178 Å². The fraction of sp³-hybridized carbons (Fsp3) is 0.714. The molecule has 1 atom stereocenters. The third-order valence-electron chi connectivity index (χ3n) is 6.16. The number of likely N-dealkylation sites (tertiary alicyclic amines) is 1. The average Bonchev–Trinajstić information content (AvgIpc) is 3.06. The van der Waals surface area contributed by atoms with E-state index in [0.717, 1.165) is 50.6 Å². The number of ether oxygens (including phenoxy) is 1. The summed E-state index contributed by atoms with van der Waals surface area (Å²) in [4.78, 5) is 4.84. The van der Waals surface area contributed by atoms with Crippen molar-refractivity contribution in [3.05, 3.63) is 17.7 Å². The van der Waals surface area contributed by atoms with E-state index in [4.69, 9.17) is 4.74 Å². The maximum atomic E-state index is 13.2. The standard InChI is InChI=1S/C21H32F2N4O.ClH/c1-16-19(25-6-9-26-7-2-3-8-26)12-18(28-15-17-14-21(17,22)23)13-20(16)27-10-4-24-5-11-27;/h12-13,17,24-25H,2-11,14-15H2,1H3;1H. The molecule has 8 heteroatoms. The molecule has 2 aliphatic heterocycles. The second-order valence-electron chi connectivity index (χ2n) is 8.30. The first-order chi connectivity index (χ1) is 13.5. The number of alkyl halides is 2. The molecule has 3 fully saturated rings. The predicted molar refractivity (Wildman–Crippen MR) is 116 cm³/mol. The average molecular weight is 431 g/mol. The number of rotatable bonds is 8. The largest absolute Gasteiger partial charge is 0.493 e. The highest BCUT2D eigenvalue weighted by Gasteiger charge is 2.57. The Morgan fingerprint density at radius 3 is 2.52 bits per heavy atom. The van der Waals surface area contributed by atoms with Gasteiger partial charge in [0.1, 0.15) is 5.75 Å². The molecule has 164 valence electrons. The highest BCUT2D eigenvalue weighted by atomic mass is 35.5. The lowest BCUT2D eigenvalue weighted by Gasteiger charge is -2.32. The minimum Gasteiger partial charge on any atom is -0.493 e. The van der Waals surface area contributed by atoms with E-state index >= 15 is 0 Å². The van der Waals surface area contributed by atoms with E-state index < -0.39 is 11.8 Å². The van der Waals surface area contributed by atoms with Gasteiger partial charge in [-0.3, -0.25) is 0 Å². The number of nitrogens with one attached hydrogen (secondary N) is 2. The molecule has 1 aromatic carbocycles. The van der Waals surface area contributed by atoms with E-state index in [-0.39, 0.29) is 25.4 Å². The minimum atomic E-state index is -2.54. The van der Waals surface area contributed by atoms with Gasteiger partial charge in [0.05, 0.1) is 12.5 Å². The molecule has 4 rings (SSSR count). The predicted octanol–water partition coefficient (Wildman–Crippen LogP) is 3.37. The summed E-state index contributed by atoms with van der Waals surface area (Å²) in [5, 5.41) is 6.95. The van der Waals surface area contributed by atoms with Crippen LogP contribution in [0.3, 0.4) is 0 Å². The van der Waals surface area contributed by atoms with E-state index in [1.165, 1.54) is 31.5 Å². The topological polar surface area (TPSA) is 39.8 Å². The highest BCUT2D eigenvalue weighted by molar-refractivity contribution is 5.85. The van der Waals surface area contributed by atoms with Gasteiger partial charge in [0.2, 0.25) is 0 Å². The zero-order chi connectivity index (χ0) is 19.6. The first-order valence-corrected chi connectivity index (χ1v) is 10.6. The van der Waals surface area contributed by atoms with Gasteiger partial charge in [-0.2, -0.15) is 0 Å². The number of piperazine rings is 1. The van der Waals surface area contributed by atoms with Crippen molar-refractivity contribution < 1.29 is 13.5 Å². The summed E-state index contributed by atoms with van der Waals surface area (Å²) in [6, 6.07) is 4.00. The van der Waals surface area contributed by atoms with Crippen LogP contribution >= 0.6 is 12.4 Å². The Morgan fingerprint density at radius 2 is 1.86 bits per heavy atom. The van der Waals surface area contributed by atoms with Gasteiger partial charge in [-0.05, 0) is 38.4 Å². The number of anilines is 2. The van der Waals surface area contributed by atoms with E-state index in [1.54, 1.807) is 0 Å². The summed E-state index contributed by atoms with van der Waals surface area (Å²) < 4.78 is 32.2. The van der Waals surface area contributed by atoms with Crippen molar-refractivity contribution in [2.45, 2.75) is 32.1 Å². The summed E-state index contributed by atoms with van der Waals surface area (Å²) in [5.74, 6) is -2.49. The highest BCUT2D eigenvalue weighted by Crippen LogP contribution is 2.48. The van der Waals surface area contributed by atoms with Gasteiger partial charge in [0, 0.05) is 69.2 Å². The van der Waals surface area contributed by atoms with Crippen LogP contribution in [-0.4, -0.2) is 69.8 Å². The molecule has 0 radical (unpaired) electrons. The fourth-order valence-electron chi connectivity index (χ4n) is 4.18. The van der Waals surface area contributed by atoms with Crippen LogP contribution < -0.4 is 20.3 Å². The van der Waals surface area contributed by atoms with E-state index in [1.807, 2.05) is 12.1 Å². The van der Waals surface area contributed by atoms with Crippen LogP contribution in [0.4, 0.5) is 20.2 Å². The molecular formula is C21H33ClF2N4O. The Balaban J connectivity index is 0.00000240. The summed E-state index contributed by atoms with van der Waals surface area (Å²) >= 11 is 0. The zero-order valence-electron chi connectivity index (χ0n) is 17.2. The quantitative estimate of drug-likeness (QED) is 0.661. The van der Waals surface area contributed by atoms with Gasteiger partial charge in [-0.25, -0.2) is 8.78 Å². The van der Waals surface area contributed by atoms with Crippen LogP contribution in [0.2, 0.25) is 0 Å². The molecule has 0 aromatic heterocycles. The van der Waals surface area contributed by atoms with Crippen molar-refractivity contribution in [1.29, 1.82) is 0 Å². The van der Waals surface area contributed by atoms with E-state index in [2.05, 4.69) is 27.4 Å². The van der Waals surface area contributed by atoms with Gasteiger partial charge in [0.15, 0.2) is 0 Å². The SMILES string of the molecule is Cc1c(NCCN2CCCC2)cc(OCC2CC2(F)F)cc1N1CCNCC1.Cl. The maximum absolute atomic E-state index is 13.2. The Kier molecular flexibility index (Phi) is 7.46. The lowest BCUT2D eigenvalue weighted by atomic mass is 10.1. The van der Waals surface area contributed by atoms with Crippen molar-refractivity contribution >= 4 is 23.8 Å². The number of hydrogen-bond acceptors (Lipinski definition) is 5. The number of hydrogen-bond donors (Lipinski definition) is 2. The molecule has 2 heterocycles. The molecule has 0 spiro atoms. The fourth-order valence-corrected chi connectivity index (χ4v) is 4.18. The molecule has 0 amide bonds. The second-order valence-corrected chi connectivity index (χ2v) is 8.30. The van der Waals surface area contributed by atoms with Crippen molar-refractivity contribution in [3.63, 3.8) is 0 Å². The second kappa shape index (κ2) is 9.67. The van der Waals surface area contributed by atoms with Crippen LogP contribution in [0, 0.1) is 12.8 Å². The minimum absolute atomic E-state index is 0. The molecule has 1 saturated carbocycles. The van der Waals surface area contributed by atoms with Crippen LogP contribution in [0.15, 0.2) is 12.1 Å². The Morgan fingerprint density at radius 1 is 1.17 bits per heavy atom. The summed E-state index contributed by atoms with van der Waals surface area (Å²) in [6.07, 6.45) is 2.53. The third-order valence-corrected chi connectivity index (χ3v) is 6.16. The number of nitrogens with zero attached hydrogens (tertiary/aromatic N) is 2. The molecule has 1 unspecified atom stereocenters. The molecular weight excluding hydrogens is 398 g/mol. The zero-order valence-corrected chi connectivity index (χ0v) is 18.0. The molecule has 1 aliphatic carbocycles. The van der Waals surface area contributed by atoms with Gasteiger partial charge in [0.25, 0.3) is 5.92 Å². The molecule has 0 bridgehead atoms. The van der Waals surface area contributed by atoms with Gasteiger partial charge >= 0.3 is 0 Å². The lowest BCUT2D eigenvalue weighted by molar-refractivity contribution is 0.0856. The maximum Gasteiger partial charge on any atom is 0.255 e. The summed E-state index contributed by atoms with van der Waals surface area (Å²) in [6.45, 7) is 10.3. The summed E-state index contributed by atoms with van der Waals surface area (Å²) in [7, 11) is 0. The molecule has 29 heavy (non-hydrogen) atoms. The normalized spacial score (nSPS) is 23.6. The summed E-state index contributed by atoms with van der Waals surface area (Å²) in [5.41, 5.74) is 3.39. The van der Waals surface area contributed by atoms with Crippen LogP contribution in [-0.2, 0) is 0 Å². The van der Waals surface area contributed by atoms with Crippen LogP contribution in [0.1, 0.15) is 24.8 Å². The van der Waals surface area contributed by atoms with E-state index in [0.29, 0.717) is 5.75 Å². The molecule has 2 saturated heterocycles. The molecule has 1 aromatic rings. The molecule has 3 aliphatic rings. The molecule has 5 nitrogen and oxygen atoms in total. The Hall–Kier alpha value is -1.31. The van der Waals surface area contributed by atoms with E-state index in [9.17, 15) is 8.78 Å². The third kappa shape index (κ3) is 5.64. The lowest BCUT2D eigenvalue weighted by Crippen LogP contribution is -2.43. The number of benzene rings is 1. The van der Waals surface area contributed by atoms with Crippen molar-refractivity contribution in [2.75, 3.05) is 69.2 Å². The van der Waals surface area contributed by atoms with Crippen LogP contribution in [0.25, 0.3) is 0 Å². The van der Waals surface area contributed by atoms with Crippen molar-refractivity contribution in [2.24, 2.45) is 5.92 Å². The number of halogens is 3. The van der Waals surface area contributed by atoms with Gasteiger partial charge < -0.3 is 25.2 Å². The van der Waals surface area contributed by atoms with Gasteiger partial charge in [-0.15, -0.1) is 12.4 Å². The van der Waals surface area contributed by atoms with Crippen molar-refractivity contribution in [3.8, 4) is 5.75 Å². The Bertz CT molecular complexity index is 679. The van der Waals surface area contributed by atoms with Gasteiger partial charge in [-0.1, -0.05) is 0 Å². The van der Waals surface area contributed by atoms with Crippen LogP contribution in [0.5, 0.6) is 5.75 Å². The van der Waals surface area contributed by atoms with Crippen molar-refractivity contribution in [1.82, 2.24) is 10.2 Å². The first-order valence-electron chi connectivity index (χ1n) is 10.6. The molecule has 2 N–H and O–H groups in total. The monoisotopic (exact) mass is 430 g/mol. The first kappa shape index (κ1) is 22.4.